The minimum absolute atomic E-state index is 0.0355. The number of carbonyl (C=O) groups excluding carboxylic acids is 2. The first-order valence-corrected chi connectivity index (χ1v) is 8.92. The molecule has 1 amide bonds. The molecule has 2 aliphatic heterocycles. The fourth-order valence-corrected chi connectivity index (χ4v) is 3.55. The van der Waals surface area contributed by atoms with Crippen LogP contribution in [0.4, 0.5) is 15.4 Å². The van der Waals surface area contributed by atoms with Crippen LogP contribution in [0.1, 0.15) is 19.9 Å². The number of carbonyl (C=O) groups is 2. The zero-order valence-corrected chi connectivity index (χ0v) is 14.9. The molecule has 3 fully saturated rings. The molecule has 2 aromatic heterocycles. The second-order valence-corrected chi connectivity index (χ2v) is 6.97. The number of alkyl carbamates (subject to hydrolysis) is 1. The Bertz CT molecular complexity index is 1100. The van der Waals surface area contributed by atoms with Crippen molar-refractivity contribution in [3.05, 3.63) is 24.1 Å². The van der Waals surface area contributed by atoms with Gasteiger partial charge in [0.15, 0.2) is 18.0 Å². The zero-order chi connectivity index (χ0) is 21.0. The lowest BCUT2D eigenvalue weighted by Crippen LogP contribution is -2.39. The number of nitrogens with one attached hydrogen (secondary N) is 1. The van der Waals surface area contributed by atoms with Gasteiger partial charge in [-0.05, 0) is 25.0 Å². The van der Waals surface area contributed by atoms with Crippen LogP contribution in [-0.2, 0) is 24.5 Å². The third kappa shape index (κ3) is 2.70. The van der Waals surface area contributed by atoms with E-state index in [1.807, 2.05) is 6.07 Å². The molecule has 0 aromatic carbocycles. The van der Waals surface area contributed by atoms with Crippen molar-refractivity contribution in [1.29, 1.82) is 5.26 Å². The lowest BCUT2D eigenvalue weighted by Gasteiger charge is -2.24. The summed E-state index contributed by atoms with van der Waals surface area (Å²) in [6.45, 7) is -0.270. The lowest BCUT2D eigenvalue weighted by molar-refractivity contribution is -0.0829. The number of anilines is 1. The molecular weight excluding hydrogens is 384 g/mol. The quantitative estimate of drug-likeness (QED) is 0.677. The van der Waals surface area contributed by atoms with Crippen LogP contribution >= 0.6 is 0 Å². The molecule has 1 aliphatic carbocycles. The summed E-state index contributed by atoms with van der Waals surface area (Å²) < 4.78 is 31.0. The highest BCUT2D eigenvalue weighted by molar-refractivity contribution is 5.68. The number of amides is 1. The molecule has 29 heavy (non-hydrogen) atoms. The van der Waals surface area contributed by atoms with Gasteiger partial charge in [0.05, 0.1) is 7.06 Å². The normalized spacial score (nSPS) is 30.8. The van der Waals surface area contributed by atoms with Crippen molar-refractivity contribution < 1.29 is 29.9 Å². The predicted molar refractivity (Wildman–Crippen MR) is 92.2 cm³/mol. The van der Waals surface area contributed by atoms with Crippen LogP contribution in [0.25, 0.3) is 5.52 Å². The number of fused-ring (bicyclic) bond motifs is 2. The van der Waals surface area contributed by atoms with Gasteiger partial charge in [0.1, 0.15) is 30.6 Å². The average molecular weight is 401 g/mol. The van der Waals surface area contributed by atoms with E-state index >= 15 is 0 Å². The van der Waals surface area contributed by atoms with E-state index in [0.29, 0.717) is 0 Å². The van der Waals surface area contributed by atoms with E-state index in [1.165, 1.54) is 16.9 Å². The Morgan fingerprint density at radius 3 is 3.14 bits per heavy atom. The molecule has 2 saturated heterocycles. The maximum atomic E-state index is 11.9. The SMILES string of the molecule is [2H]c1cc([C@]2(C#N)O[C@H](COC(=O)NC3CC3)[C@H]3OC(=O)O[C@H]32)n2ncnc(N)c12. The molecule has 4 atom stereocenters. The number of aromatic nitrogens is 3. The number of rotatable bonds is 4. The van der Waals surface area contributed by atoms with Gasteiger partial charge >= 0.3 is 12.2 Å². The third-order valence-corrected chi connectivity index (χ3v) is 5.08. The Hall–Kier alpha value is -3.59. The van der Waals surface area contributed by atoms with Crippen molar-refractivity contribution >= 4 is 23.6 Å². The Kier molecular flexibility index (Phi) is 3.51. The van der Waals surface area contributed by atoms with E-state index in [2.05, 4.69) is 15.4 Å². The van der Waals surface area contributed by atoms with Gasteiger partial charge in [-0.15, -0.1) is 0 Å². The standard InChI is InChI=1S/C17H16N6O6/c18-6-17(11-4-3-9-14(19)20-7-21-23(9)11)13-12(27-16(25)28-13)10(29-17)5-26-15(24)22-8-1-2-8/h3-4,7-8,10,12-13H,1-2,5H2,(H,22,24)(H2,19,20,21)/t10-,12-,13-,17+/m1/s1/i3D. The molecule has 5 rings (SSSR count). The summed E-state index contributed by atoms with van der Waals surface area (Å²) in [5, 5.41) is 16.8. The minimum atomic E-state index is -1.86. The van der Waals surface area contributed by atoms with Gasteiger partial charge in [0.25, 0.3) is 0 Å². The number of nitrogen functional groups attached to an aromatic ring is 1. The van der Waals surface area contributed by atoms with E-state index in [9.17, 15) is 14.9 Å². The van der Waals surface area contributed by atoms with Crippen molar-refractivity contribution in [2.45, 2.75) is 42.8 Å². The number of nitrogens with zero attached hydrogens (tertiary/aromatic N) is 4. The molecule has 0 spiro atoms. The van der Waals surface area contributed by atoms with E-state index in [4.69, 9.17) is 26.1 Å². The van der Waals surface area contributed by atoms with Crippen LogP contribution < -0.4 is 11.1 Å². The number of hydrogen-bond donors (Lipinski definition) is 2. The largest absolute Gasteiger partial charge is 0.509 e. The fraction of sp³-hybridized carbons (Fsp3) is 0.471. The van der Waals surface area contributed by atoms with Crippen LogP contribution in [0.15, 0.2) is 18.4 Å². The van der Waals surface area contributed by atoms with Gasteiger partial charge in [-0.2, -0.15) is 10.4 Å². The summed E-state index contributed by atoms with van der Waals surface area (Å²) >= 11 is 0. The first kappa shape index (κ1) is 16.4. The maximum absolute atomic E-state index is 11.9. The highest BCUT2D eigenvalue weighted by atomic mass is 16.8. The minimum Gasteiger partial charge on any atom is -0.447 e. The molecule has 4 heterocycles. The van der Waals surface area contributed by atoms with E-state index < -0.39 is 36.2 Å². The van der Waals surface area contributed by atoms with Crippen LogP contribution in [0, 0.1) is 11.3 Å². The summed E-state index contributed by atoms with van der Waals surface area (Å²) in [7, 11) is 0. The molecule has 12 nitrogen and oxygen atoms in total. The molecule has 3 aliphatic rings. The summed E-state index contributed by atoms with van der Waals surface area (Å²) in [5.41, 5.74) is 4.28. The Balaban J connectivity index is 1.50. The summed E-state index contributed by atoms with van der Waals surface area (Å²) in [6.07, 6.45) is -1.77. The first-order chi connectivity index (χ1) is 14.4. The Morgan fingerprint density at radius 1 is 1.55 bits per heavy atom. The van der Waals surface area contributed by atoms with Gasteiger partial charge in [0, 0.05) is 6.04 Å². The van der Waals surface area contributed by atoms with Crippen LogP contribution in [0.5, 0.6) is 0 Å². The average Bonchev–Trinajstić information content (AvgIpc) is 3.22. The maximum Gasteiger partial charge on any atom is 0.509 e. The fourth-order valence-electron chi connectivity index (χ4n) is 3.55. The third-order valence-electron chi connectivity index (χ3n) is 5.08. The first-order valence-electron chi connectivity index (χ1n) is 9.42. The van der Waals surface area contributed by atoms with Gasteiger partial charge in [-0.3, -0.25) is 0 Å². The van der Waals surface area contributed by atoms with Crippen molar-refractivity contribution in [1.82, 2.24) is 19.9 Å². The lowest BCUT2D eigenvalue weighted by atomic mass is 9.92. The molecular formula is C17H16N6O6. The highest BCUT2D eigenvalue weighted by Gasteiger charge is 2.65. The smallest absolute Gasteiger partial charge is 0.447 e. The second kappa shape index (κ2) is 6.21. The molecule has 0 radical (unpaired) electrons. The number of nitrogens with two attached hydrogens (primary N) is 1. The molecule has 12 heteroatoms. The van der Waals surface area contributed by atoms with Crippen LogP contribution in [0.3, 0.4) is 0 Å². The predicted octanol–water partition coefficient (Wildman–Crippen LogP) is 0.222. The molecule has 3 N–H and O–H groups in total. The van der Waals surface area contributed by atoms with Gasteiger partial charge in [-0.25, -0.2) is 19.1 Å². The van der Waals surface area contributed by atoms with Gasteiger partial charge < -0.3 is 30.0 Å². The summed E-state index contributed by atoms with van der Waals surface area (Å²) in [5.74, 6) is 0.0418. The molecule has 0 unspecified atom stereocenters. The molecule has 150 valence electrons. The van der Waals surface area contributed by atoms with E-state index in [1.54, 1.807) is 0 Å². The highest BCUT2D eigenvalue weighted by Crippen LogP contribution is 2.46. The number of hydrogen-bond acceptors (Lipinski definition) is 10. The van der Waals surface area contributed by atoms with Gasteiger partial charge in [0.2, 0.25) is 5.60 Å². The van der Waals surface area contributed by atoms with Crippen molar-refractivity contribution in [2.24, 2.45) is 0 Å². The monoisotopic (exact) mass is 401 g/mol. The zero-order valence-electron chi connectivity index (χ0n) is 15.9. The number of nitriles is 1. The van der Waals surface area contributed by atoms with Crippen molar-refractivity contribution in [3.8, 4) is 6.07 Å². The number of ether oxygens (including phenoxy) is 4. The summed E-state index contributed by atoms with van der Waals surface area (Å²) in [4.78, 5) is 27.6. The molecule has 0 bridgehead atoms. The van der Waals surface area contributed by atoms with E-state index in [-0.39, 0.29) is 35.7 Å². The molecule has 1 saturated carbocycles. The van der Waals surface area contributed by atoms with Crippen LogP contribution in [0.2, 0.25) is 0 Å². The second-order valence-electron chi connectivity index (χ2n) is 6.97. The Morgan fingerprint density at radius 2 is 2.38 bits per heavy atom. The van der Waals surface area contributed by atoms with E-state index in [0.717, 1.165) is 12.8 Å². The Labute approximate surface area is 164 Å². The van der Waals surface area contributed by atoms with Crippen molar-refractivity contribution in [3.63, 3.8) is 0 Å². The van der Waals surface area contributed by atoms with Gasteiger partial charge in [-0.1, -0.05) is 0 Å². The topological polar surface area (TPSA) is 163 Å². The van der Waals surface area contributed by atoms with Crippen LogP contribution in [-0.4, -0.2) is 57.8 Å². The summed E-state index contributed by atoms with van der Waals surface area (Å²) in [6, 6.07) is 3.44. The molecule has 2 aromatic rings. The van der Waals surface area contributed by atoms with Crippen molar-refractivity contribution in [2.75, 3.05) is 12.3 Å².